The topological polar surface area (TPSA) is 107 Å². The molecule has 12 heteroatoms. The number of carboxylic acids is 1. The number of aliphatic carboxylic acids is 1. The zero-order valence-electron chi connectivity index (χ0n) is 19.5. The van der Waals surface area contributed by atoms with Gasteiger partial charge in [-0.3, -0.25) is 9.36 Å². The van der Waals surface area contributed by atoms with Crippen LogP contribution < -0.4 is 19.6 Å². The Balaban J connectivity index is 1.86. The molecule has 0 fully saturated rings. The second-order valence-corrected chi connectivity index (χ2v) is 10.1. The number of hydrogen-bond acceptors (Lipinski definition) is 7. The minimum atomic E-state index is -1.18. The van der Waals surface area contributed by atoms with Crippen molar-refractivity contribution in [2.75, 3.05) is 13.2 Å². The SMILES string of the molecule is CCOC(=O)C1=C(C)N=c2s/c(=C\c3cc(Cl)c(OCC(=O)O)c(Cl)c3)c(=O)n2[C@H]1c1ccc(Cl)cc1. The molecule has 0 saturated heterocycles. The average molecular weight is 582 g/mol. The van der Waals surface area contributed by atoms with Crippen LogP contribution in [0.15, 0.2) is 57.5 Å². The number of halogens is 3. The zero-order chi connectivity index (χ0) is 26.9. The Kier molecular flexibility index (Phi) is 8.08. The minimum Gasteiger partial charge on any atom is -0.479 e. The Labute approximate surface area is 229 Å². The minimum absolute atomic E-state index is 0.0294. The molecular weight excluding hydrogens is 563 g/mol. The number of carbonyl (C=O) groups is 2. The number of fused-ring (bicyclic) bond motifs is 1. The first-order valence-electron chi connectivity index (χ1n) is 10.9. The predicted octanol–water partition coefficient (Wildman–Crippen LogP) is 4.22. The molecular formula is C25H19Cl3N2O6S. The van der Waals surface area contributed by atoms with Crippen LogP contribution in [0.2, 0.25) is 15.1 Å². The molecule has 2 heterocycles. The number of hydrogen-bond donors (Lipinski definition) is 1. The van der Waals surface area contributed by atoms with E-state index in [0.29, 0.717) is 31.2 Å². The van der Waals surface area contributed by atoms with Crippen molar-refractivity contribution >= 4 is 64.2 Å². The molecule has 3 aromatic rings. The highest BCUT2D eigenvalue weighted by atomic mass is 35.5. The van der Waals surface area contributed by atoms with Crippen molar-refractivity contribution in [3.05, 3.63) is 93.6 Å². The summed E-state index contributed by atoms with van der Waals surface area (Å²) in [5, 5.41) is 9.53. The molecule has 1 aromatic heterocycles. The van der Waals surface area contributed by atoms with Gasteiger partial charge in [0.05, 0.1) is 38.5 Å². The van der Waals surface area contributed by atoms with Crippen LogP contribution in [0, 0.1) is 0 Å². The van der Waals surface area contributed by atoms with Gasteiger partial charge in [-0.15, -0.1) is 0 Å². The summed E-state index contributed by atoms with van der Waals surface area (Å²) in [6.45, 7) is 2.96. The highest BCUT2D eigenvalue weighted by Gasteiger charge is 2.33. The smallest absolute Gasteiger partial charge is 0.341 e. The Morgan fingerprint density at radius 2 is 1.81 bits per heavy atom. The molecule has 0 radical (unpaired) electrons. The molecule has 0 saturated carbocycles. The van der Waals surface area contributed by atoms with Crippen molar-refractivity contribution in [2.45, 2.75) is 19.9 Å². The van der Waals surface area contributed by atoms with Gasteiger partial charge in [-0.2, -0.15) is 0 Å². The molecule has 8 nitrogen and oxygen atoms in total. The van der Waals surface area contributed by atoms with E-state index in [0.717, 1.165) is 11.3 Å². The summed E-state index contributed by atoms with van der Waals surface area (Å²) in [5.74, 6) is -1.71. The van der Waals surface area contributed by atoms with E-state index >= 15 is 0 Å². The summed E-state index contributed by atoms with van der Waals surface area (Å²) in [7, 11) is 0. The van der Waals surface area contributed by atoms with Crippen LogP contribution in [0.1, 0.15) is 31.0 Å². The number of benzene rings is 2. The first-order chi connectivity index (χ1) is 17.6. The lowest BCUT2D eigenvalue weighted by atomic mass is 9.96. The number of nitrogens with zero attached hydrogens (tertiary/aromatic N) is 2. The van der Waals surface area contributed by atoms with E-state index in [2.05, 4.69) is 4.99 Å². The van der Waals surface area contributed by atoms with Gasteiger partial charge in [-0.25, -0.2) is 14.6 Å². The second-order valence-electron chi connectivity index (χ2n) is 7.85. The fourth-order valence-electron chi connectivity index (χ4n) is 3.84. The molecule has 0 aliphatic carbocycles. The summed E-state index contributed by atoms with van der Waals surface area (Å²) in [4.78, 5) is 42.3. The Morgan fingerprint density at radius 3 is 2.41 bits per heavy atom. The van der Waals surface area contributed by atoms with Gasteiger partial charge < -0.3 is 14.6 Å². The lowest BCUT2D eigenvalue weighted by molar-refractivity contribution is -0.140. The zero-order valence-corrected chi connectivity index (χ0v) is 22.5. The van der Waals surface area contributed by atoms with E-state index in [1.54, 1.807) is 44.2 Å². The summed E-state index contributed by atoms with van der Waals surface area (Å²) in [6.07, 6.45) is 1.59. The van der Waals surface area contributed by atoms with Crippen LogP contribution in [0.4, 0.5) is 0 Å². The van der Waals surface area contributed by atoms with Crippen molar-refractivity contribution < 1.29 is 24.2 Å². The molecule has 1 N–H and O–H groups in total. The Morgan fingerprint density at radius 1 is 1.16 bits per heavy atom. The first kappa shape index (κ1) is 26.9. The molecule has 1 atom stereocenters. The van der Waals surface area contributed by atoms with Crippen molar-refractivity contribution in [1.29, 1.82) is 0 Å². The van der Waals surface area contributed by atoms with Crippen molar-refractivity contribution in [1.82, 2.24) is 4.57 Å². The highest BCUT2D eigenvalue weighted by Crippen LogP contribution is 2.35. The van der Waals surface area contributed by atoms with Crippen LogP contribution >= 0.6 is 46.1 Å². The van der Waals surface area contributed by atoms with Gasteiger partial charge in [0.15, 0.2) is 17.2 Å². The van der Waals surface area contributed by atoms with Gasteiger partial charge in [-0.1, -0.05) is 58.3 Å². The molecule has 4 rings (SSSR count). The van der Waals surface area contributed by atoms with Crippen LogP contribution in [-0.4, -0.2) is 34.8 Å². The van der Waals surface area contributed by atoms with E-state index in [1.165, 1.54) is 16.7 Å². The summed E-state index contributed by atoms with van der Waals surface area (Å²) in [6, 6.07) is 9.11. The first-order valence-corrected chi connectivity index (χ1v) is 12.8. The van der Waals surface area contributed by atoms with Crippen LogP contribution in [0.5, 0.6) is 5.75 Å². The van der Waals surface area contributed by atoms with E-state index in [1.807, 2.05) is 0 Å². The van der Waals surface area contributed by atoms with Crippen LogP contribution in [0.25, 0.3) is 6.08 Å². The van der Waals surface area contributed by atoms with Crippen LogP contribution in [-0.2, 0) is 14.3 Å². The average Bonchev–Trinajstić information content (AvgIpc) is 3.12. The third-order valence-electron chi connectivity index (χ3n) is 5.36. The second kappa shape index (κ2) is 11.1. The van der Waals surface area contributed by atoms with Gasteiger partial charge in [0, 0.05) is 5.02 Å². The summed E-state index contributed by atoms with van der Waals surface area (Å²) in [5.41, 5.74) is 1.48. The number of carboxylic acid groups (broad SMARTS) is 1. The van der Waals surface area contributed by atoms with Crippen molar-refractivity contribution in [3.63, 3.8) is 0 Å². The van der Waals surface area contributed by atoms with Gasteiger partial charge >= 0.3 is 11.9 Å². The van der Waals surface area contributed by atoms with E-state index < -0.39 is 24.6 Å². The largest absolute Gasteiger partial charge is 0.479 e. The molecule has 0 spiro atoms. The lowest BCUT2D eigenvalue weighted by Gasteiger charge is -2.24. The molecule has 37 heavy (non-hydrogen) atoms. The third-order valence-corrected chi connectivity index (χ3v) is 7.16. The Bertz CT molecular complexity index is 1590. The molecule has 2 aromatic carbocycles. The molecule has 0 bridgehead atoms. The van der Waals surface area contributed by atoms with E-state index in [9.17, 15) is 14.4 Å². The number of rotatable bonds is 7. The lowest BCUT2D eigenvalue weighted by Crippen LogP contribution is -2.39. The van der Waals surface area contributed by atoms with Gasteiger partial charge in [0.25, 0.3) is 5.56 Å². The molecule has 192 valence electrons. The van der Waals surface area contributed by atoms with Crippen molar-refractivity contribution in [3.8, 4) is 5.75 Å². The number of thiazole rings is 1. The van der Waals surface area contributed by atoms with E-state index in [-0.39, 0.29) is 33.5 Å². The standard InChI is InChI=1S/C25H19Cl3N2O6S/c1-3-35-24(34)20-12(2)29-25-30(21(20)14-4-6-15(26)7-5-14)23(33)18(37-25)10-13-8-16(27)22(17(28)9-13)36-11-19(31)32/h4-10,21H,3,11H2,1-2H3,(H,31,32)/b18-10-/t21-/m0/s1. The predicted molar refractivity (Wildman–Crippen MR) is 141 cm³/mol. The van der Waals surface area contributed by atoms with Crippen molar-refractivity contribution in [2.24, 2.45) is 4.99 Å². The van der Waals surface area contributed by atoms with Gasteiger partial charge in [0.2, 0.25) is 0 Å². The molecule has 1 aliphatic heterocycles. The third kappa shape index (κ3) is 5.60. The number of ether oxygens (including phenoxy) is 2. The monoisotopic (exact) mass is 580 g/mol. The fraction of sp³-hybridized carbons (Fsp3) is 0.200. The molecule has 0 unspecified atom stereocenters. The maximum Gasteiger partial charge on any atom is 0.341 e. The number of allylic oxidation sites excluding steroid dienone is 1. The maximum absolute atomic E-state index is 13.6. The number of esters is 1. The van der Waals surface area contributed by atoms with Crippen LogP contribution in [0.3, 0.4) is 0 Å². The molecule has 0 amide bonds. The summed E-state index contributed by atoms with van der Waals surface area (Å²) >= 11 is 19.7. The quantitative estimate of drug-likeness (QED) is 0.419. The normalized spacial score (nSPS) is 15.3. The van der Waals surface area contributed by atoms with E-state index in [4.69, 9.17) is 49.4 Å². The Hall–Kier alpha value is -3.11. The summed E-state index contributed by atoms with van der Waals surface area (Å²) < 4.78 is 12.2. The maximum atomic E-state index is 13.6. The number of carbonyl (C=O) groups excluding carboxylic acids is 1. The molecule has 1 aliphatic rings. The fourth-order valence-corrected chi connectivity index (χ4v) is 5.62. The van der Waals surface area contributed by atoms with Gasteiger partial charge in [-0.05, 0) is 55.3 Å². The highest BCUT2D eigenvalue weighted by molar-refractivity contribution is 7.07. The van der Waals surface area contributed by atoms with Gasteiger partial charge in [0.1, 0.15) is 0 Å². The number of aromatic nitrogens is 1.